The van der Waals surface area contributed by atoms with Gasteiger partial charge in [0.1, 0.15) is 0 Å². The van der Waals surface area contributed by atoms with Gasteiger partial charge < -0.3 is 32.9 Å². The molecule has 0 saturated carbocycles. The Morgan fingerprint density at radius 2 is 0.273 bits per heavy atom. The summed E-state index contributed by atoms with van der Waals surface area (Å²) in [6.07, 6.45) is 0. The van der Waals surface area contributed by atoms with Crippen molar-refractivity contribution in [2.24, 2.45) is 0 Å². The fourth-order valence-corrected chi connectivity index (χ4v) is 0. The third kappa shape index (κ3) is 353. The molecule has 11 heavy (non-hydrogen) atoms. The summed E-state index contributed by atoms with van der Waals surface area (Å²) < 4.78 is 0. The molecule has 0 aromatic rings. The Hall–Kier alpha value is 1.79. The molecule has 0 aliphatic rings. The van der Waals surface area contributed by atoms with Gasteiger partial charge in [0, 0.05) is 25.8 Å². The number of hydrogen-bond acceptors (Lipinski definition) is 0. The summed E-state index contributed by atoms with van der Waals surface area (Å²) in [6.45, 7) is 0. The molecule has 0 rings (SSSR count). The van der Waals surface area contributed by atoms with Crippen molar-refractivity contribution >= 4 is 49.6 Å². The van der Waals surface area contributed by atoms with Crippen LogP contribution in [0.3, 0.4) is 0 Å². The van der Waals surface area contributed by atoms with Crippen molar-refractivity contribution in [1.29, 1.82) is 0 Å². The quantitative estimate of drug-likeness (QED) is 0.348. The van der Waals surface area contributed by atoms with Gasteiger partial charge in [-0.3, -0.25) is 0 Å². The van der Waals surface area contributed by atoms with Gasteiger partial charge in [0.2, 0.25) is 0 Å². The Morgan fingerprint density at radius 1 is 0.273 bits per heavy atom. The summed E-state index contributed by atoms with van der Waals surface area (Å²) in [7, 11) is 0. The second-order valence-corrected chi connectivity index (χ2v) is 0. The van der Waals surface area contributed by atoms with Crippen LogP contribution in [0.1, 0.15) is 0 Å². The molecule has 0 aliphatic heterocycles. The Bertz CT molecular complexity index is 14.5. The fourth-order valence-electron chi connectivity index (χ4n) is 0. The van der Waals surface area contributed by atoms with Crippen LogP contribution >= 0.6 is 49.6 Å². The summed E-state index contributed by atoms with van der Waals surface area (Å²) >= 11 is 0. The minimum Gasteiger partial charge on any atom is -0.412 e. The van der Waals surface area contributed by atoms with Crippen molar-refractivity contribution in [2.45, 2.75) is 0 Å². The van der Waals surface area contributed by atoms with Crippen molar-refractivity contribution in [3.63, 3.8) is 0 Å². The average molecular weight is 432 g/mol. The normalized spacial score (nSPS) is 0. The molecule has 12 N–H and O–H groups in total. The first-order valence-corrected chi connectivity index (χ1v) is 0. The molecule has 0 amide bonds. The Balaban J connectivity index is 0. The zero-order valence-corrected chi connectivity index (χ0v) is 12.0. The van der Waals surface area contributed by atoms with Gasteiger partial charge in [0.05, 0.1) is 0 Å². The second kappa shape index (κ2) is 428. The van der Waals surface area contributed by atoms with E-state index in [4.69, 9.17) is 0 Å². The van der Waals surface area contributed by atoms with Crippen molar-refractivity contribution in [1.82, 2.24) is 0 Å². The molecule has 0 aromatic carbocycles. The van der Waals surface area contributed by atoms with Crippen LogP contribution in [0.15, 0.2) is 0 Å². The van der Waals surface area contributed by atoms with E-state index in [2.05, 4.69) is 0 Å². The van der Waals surface area contributed by atoms with Crippen LogP contribution in [0, 0.1) is 0 Å². The molecule has 0 aliphatic carbocycles. The summed E-state index contributed by atoms with van der Waals surface area (Å²) in [5, 5.41) is 0. The van der Waals surface area contributed by atoms with Gasteiger partial charge in [-0.25, -0.2) is 0 Å². The molecule has 6 nitrogen and oxygen atoms in total. The predicted molar refractivity (Wildman–Crippen MR) is 50.7 cm³/mol. The molecular weight excluding hydrogens is 416 g/mol. The molecule has 0 bridgehead atoms. The van der Waals surface area contributed by atoms with E-state index in [1.165, 1.54) is 0 Å². The maximum Gasteiger partial charge on any atom is 0 e. The molecule has 0 heterocycles. The largest absolute Gasteiger partial charge is 0.412 e. The van der Waals surface area contributed by atoms with Gasteiger partial charge in [0.25, 0.3) is 0 Å². The Kier molecular flexibility index (Phi) is 21600. The molecule has 0 atom stereocenters. The third-order valence-corrected chi connectivity index (χ3v) is 0. The summed E-state index contributed by atoms with van der Waals surface area (Å²) in [5.74, 6) is 0. The second-order valence-electron chi connectivity index (χ2n) is 0. The Labute approximate surface area is 108 Å². The van der Waals surface area contributed by atoms with Crippen LogP contribution in [0.25, 0.3) is 0 Å². The minimum absolute atomic E-state index is 0. The van der Waals surface area contributed by atoms with Gasteiger partial charge in [-0.2, -0.15) is 0 Å². The van der Waals surface area contributed by atoms with Crippen LogP contribution in [0.5, 0.6) is 0 Å². The number of hydrogen-bond donors (Lipinski definition) is 0. The summed E-state index contributed by atoms with van der Waals surface area (Å²) in [5.41, 5.74) is 0. The van der Waals surface area contributed by atoms with Crippen molar-refractivity contribution < 1.29 is 58.7 Å². The number of halogens is 4. The molecule has 0 fully saturated rings. The van der Waals surface area contributed by atoms with E-state index in [1.807, 2.05) is 0 Å². The third-order valence-electron chi connectivity index (χ3n) is 0. The van der Waals surface area contributed by atoms with Crippen molar-refractivity contribution in [2.75, 3.05) is 0 Å². The molecule has 0 radical (unpaired) electrons. The van der Waals surface area contributed by atoms with E-state index >= 15 is 0 Å². The van der Waals surface area contributed by atoms with Crippen LogP contribution in [0.4, 0.5) is 0 Å². The van der Waals surface area contributed by atoms with E-state index in [1.54, 1.807) is 0 Å². The maximum atomic E-state index is 0. The number of rotatable bonds is 0. The molecule has 11 heteroatoms. The van der Waals surface area contributed by atoms with Crippen LogP contribution in [-0.4, -0.2) is 32.9 Å². The standard InChI is InChI=1S/4ClH.Hf.6H2O/h4*1H;;6*1H2. The van der Waals surface area contributed by atoms with Gasteiger partial charge in [-0.05, 0) is 0 Å². The minimum atomic E-state index is 0. The zero-order valence-electron chi connectivity index (χ0n) is 5.13. The van der Waals surface area contributed by atoms with E-state index < -0.39 is 0 Å². The summed E-state index contributed by atoms with van der Waals surface area (Å²) in [4.78, 5) is 0. The van der Waals surface area contributed by atoms with Gasteiger partial charge in [-0.15, -0.1) is 49.6 Å². The summed E-state index contributed by atoms with van der Waals surface area (Å²) in [6, 6.07) is 0. The van der Waals surface area contributed by atoms with Crippen LogP contribution in [-0.2, 0) is 25.8 Å². The van der Waals surface area contributed by atoms with E-state index in [-0.39, 0.29) is 108 Å². The SMILES string of the molecule is Cl.Cl.Cl.Cl.O.O.O.O.O.O.[Hf]. The van der Waals surface area contributed by atoms with Crippen LogP contribution in [0.2, 0.25) is 0 Å². The van der Waals surface area contributed by atoms with Crippen LogP contribution < -0.4 is 0 Å². The van der Waals surface area contributed by atoms with Gasteiger partial charge >= 0.3 is 0 Å². The molecule has 84 valence electrons. The zero-order chi connectivity index (χ0) is 0. The fraction of sp³-hybridized carbons (Fsp3) is 0. The van der Waals surface area contributed by atoms with Gasteiger partial charge in [-0.1, -0.05) is 0 Å². The van der Waals surface area contributed by atoms with Gasteiger partial charge in [0.15, 0.2) is 0 Å². The Morgan fingerprint density at radius 3 is 0.273 bits per heavy atom. The molecule has 0 unspecified atom stereocenters. The molecule has 0 aromatic heterocycles. The first kappa shape index (κ1) is 555. The van der Waals surface area contributed by atoms with E-state index in [0.717, 1.165) is 0 Å². The smallest absolute Gasteiger partial charge is 0 e. The predicted octanol–water partition coefficient (Wildman–Crippen LogP) is -3.26. The molecule has 0 spiro atoms. The molecule has 0 saturated heterocycles. The topological polar surface area (TPSA) is 189 Å². The van der Waals surface area contributed by atoms with Crippen molar-refractivity contribution in [3.8, 4) is 0 Å². The maximum absolute atomic E-state index is 0. The average Bonchev–Trinajstić information content (AvgIpc) is 0. The first-order chi connectivity index (χ1) is 0. The van der Waals surface area contributed by atoms with E-state index in [0.29, 0.717) is 0 Å². The first-order valence-electron chi connectivity index (χ1n) is 0. The monoisotopic (exact) mass is 432 g/mol. The molecular formula is H16Cl4HfO6. The van der Waals surface area contributed by atoms with Crippen molar-refractivity contribution in [3.05, 3.63) is 0 Å². The van der Waals surface area contributed by atoms with E-state index in [9.17, 15) is 0 Å².